The molecular formula is C17H16N4O3S. The monoisotopic (exact) mass is 356 g/mol. The third-order valence-corrected chi connectivity index (χ3v) is 5.27. The first-order valence-electron chi connectivity index (χ1n) is 7.98. The van der Waals surface area contributed by atoms with Crippen molar-refractivity contribution in [3.8, 4) is 0 Å². The van der Waals surface area contributed by atoms with Gasteiger partial charge < -0.3 is 10.4 Å². The van der Waals surface area contributed by atoms with Crippen molar-refractivity contribution in [3.63, 3.8) is 0 Å². The fourth-order valence-corrected chi connectivity index (χ4v) is 3.77. The maximum Gasteiger partial charge on any atom is 0.271 e. The predicted octanol–water partition coefficient (Wildman–Crippen LogP) is 1.39. The molecule has 1 saturated carbocycles. The number of thiazole rings is 1. The highest BCUT2D eigenvalue weighted by molar-refractivity contribution is 7.15. The van der Waals surface area contributed by atoms with Crippen LogP contribution in [0, 0.1) is 5.92 Å². The fraction of sp³-hybridized carbons (Fsp3) is 0.294. The molecular weight excluding hydrogens is 340 g/mol. The molecule has 4 rings (SSSR count). The fourth-order valence-electron chi connectivity index (χ4n) is 3.09. The average molecular weight is 356 g/mol. The number of aliphatic hydroxyl groups excluding tert-OH is 1. The molecule has 25 heavy (non-hydrogen) atoms. The van der Waals surface area contributed by atoms with Gasteiger partial charge in [-0.3, -0.25) is 19.0 Å². The average Bonchev–Trinajstić information content (AvgIpc) is 3.08. The van der Waals surface area contributed by atoms with E-state index in [1.165, 1.54) is 21.9 Å². The minimum Gasteiger partial charge on any atom is -0.393 e. The van der Waals surface area contributed by atoms with Crippen LogP contribution in [0.3, 0.4) is 0 Å². The Labute approximate surface area is 147 Å². The van der Waals surface area contributed by atoms with Crippen LogP contribution < -0.4 is 10.9 Å². The number of hydrogen-bond donors (Lipinski definition) is 2. The van der Waals surface area contributed by atoms with Crippen LogP contribution in [-0.2, 0) is 0 Å². The van der Waals surface area contributed by atoms with Gasteiger partial charge in [0.15, 0.2) is 4.96 Å². The van der Waals surface area contributed by atoms with E-state index in [0.717, 1.165) is 5.69 Å². The van der Waals surface area contributed by atoms with Crippen LogP contribution in [0.25, 0.3) is 4.96 Å². The van der Waals surface area contributed by atoms with Crippen LogP contribution in [0.15, 0.2) is 47.0 Å². The van der Waals surface area contributed by atoms with E-state index in [9.17, 15) is 14.7 Å². The standard InChI is InChI=1S/C17H16N4O3S/c22-11-7-10(8-11)14(13-3-1-2-4-18-13)20-15(23)12-9-19-17-21(16(12)24)5-6-25-17/h1-6,9-11,14,22H,7-8H2,(H,20,23)/t10?,11?,14-/m0/s1. The predicted molar refractivity (Wildman–Crippen MR) is 92.5 cm³/mol. The molecule has 0 unspecified atom stereocenters. The van der Waals surface area contributed by atoms with Crippen LogP contribution in [0.2, 0.25) is 0 Å². The molecule has 1 aliphatic carbocycles. The summed E-state index contributed by atoms with van der Waals surface area (Å²) in [5.74, 6) is -0.385. The van der Waals surface area contributed by atoms with Crippen molar-refractivity contribution in [1.82, 2.24) is 19.7 Å². The number of fused-ring (bicyclic) bond motifs is 1. The summed E-state index contributed by atoms with van der Waals surface area (Å²) >= 11 is 1.33. The molecule has 0 saturated heterocycles. The SMILES string of the molecule is O=C(N[C@H](c1ccccn1)C1CC(O)C1)c1cnc2sccn2c1=O. The highest BCUT2D eigenvalue weighted by atomic mass is 32.1. The van der Waals surface area contributed by atoms with Gasteiger partial charge in [-0.15, -0.1) is 11.3 Å². The number of pyridine rings is 1. The van der Waals surface area contributed by atoms with E-state index >= 15 is 0 Å². The third kappa shape index (κ3) is 2.94. The largest absolute Gasteiger partial charge is 0.393 e. The second-order valence-corrected chi connectivity index (χ2v) is 7.00. The van der Waals surface area contributed by atoms with Gasteiger partial charge in [-0.1, -0.05) is 6.07 Å². The smallest absolute Gasteiger partial charge is 0.271 e. The zero-order valence-corrected chi connectivity index (χ0v) is 14.0. The molecule has 1 atom stereocenters. The Hall–Kier alpha value is -2.58. The summed E-state index contributed by atoms with van der Waals surface area (Å²) in [5.41, 5.74) is 0.325. The van der Waals surface area contributed by atoms with Gasteiger partial charge in [0.1, 0.15) is 5.56 Å². The summed E-state index contributed by atoms with van der Waals surface area (Å²) in [6, 6.07) is 5.14. The van der Waals surface area contributed by atoms with Crippen molar-refractivity contribution in [3.05, 3.63) is 63.8 Å². The molecule has 1 fully saturated rings. The second-order valence-electron chi connectivity index (χ2n) is 6.12. The molecule has 3 aromatic rings. The van der Waals surface area contributed by atoms with Crippen LogP contribution in [0.5, 0.6) is 0 Å². The van der Waals surface area contributed by atoms with Gasteiger partial charge in [-0.25, -0.2) is 4.98 Å². The van der Waals surface area contributed by atoms with E-state index in [0.29, 0.717) is 17.8 Å². The number of nitrogens with one attached hydrogen (secondary N) is 1. The van der Waals surface area contributed by atoms with Crippen molar-refractivity contribution in [2.24, 2.45) is 5.92 Å². The Morgan fingerprint density at radius 1 is 1.36 bits per heavy atom. The molecule has 0 bridgehead atoms. The number of amides is 1. The number of hydrogen-bond acceptors (Lipinski definition) is 6. The van der Waals surface area contributed by atoms with Gasteiger partial charge in [0.25, 0.3) is 11.5 Å². The molecule has 0 aliphatic heterocycles. The summed E-state index contributed by atoms with van der Waals surface area (Å²) in [5, 5.41) is 14.3. The first-order chi connectivity index (χ1) is 12.1. The van der Waals surface area contributed by atoms with Gasteiger partial charge in [0, 0.05) is 24.0 Å². The molecule has 1 aliphatic rings. The van der Waals surface area contributed by atoms with Crippen molar-refractivity contribution in [1.29, 1.82) is 0 Å². The second kappa shape index (κ2) is 6.38. The van der Waals surface area contributed by atoms with Crippen LogP contribution in [0.1, 0.15) is 34.9 Å². The van der Waals surface area contributed by atoms with Crippen molar-refractivity contribution >= 4 is 22.2 Å². The van der Waals surface area contributed by atoms with E-state index in [2.05, 4.69) is 15.3 Å². The lowest BCUT2D eigenvalue weighted by molar-refractivity contribution is 0.0228. The molecule has 3 heterocycles. The topological polar surface area (TPSA) is 96.6 Å². The summed E-state index contributed by atoms with van der Waals surface area (Å²) < 4.78 is 1.36. The lowest BCUT2D eigenvalue weighted by Crippen LogP contribution is -2.43. The Bertz CT molecular complexity index is 963. The quantitative estimate of drug-likeness (QED) is 0.736. The van der Waals surface area contributed by atoms with E-state index in [4.69, 9.17) is 0 Å². The zero-order chi connectivity index (χ0) is 17.4. The summed E-state index contributed by atoms with van der Waals surface area (Å²) in [7, 11) is 0. The Balaban J connectivity index is 1.63. The zero-order valence-electron chi connectivity index (χ0n) is 13.2. The lowest BCUT2D eigenvalue weighted by Gasteiger charge is -2.37. The minimum absolute atomic E-state index is 0.00305. The van der Waals surface area contributed by atoms with E-state index < -0.39 is 11.5 Å². The van der Waals surface area contributed by atoms with Gasteiger partial charge in [0.05, 0.1) is 17.8 Å². The Morgan fingerprint density at radius 2 is 2.20 bits per heavy atom. The molecule has 128 valence electrons. The molecule has 8 heteroatoms. The van der Waals surface area contributed by atoms with Crippen LogP contribution >= 0.6 is 11.3 Å². The number of nitrogens with zero attached hydrogens (tertiary/aromatic N) is 3. The first kappa shape index (κ1) is 15.9. The maximum absolute atomic E-state index is 12.7. The number of carbonyl (C=O) groups excluding carboxylic acids is 1. The highest BCUT2D eigenvalue weighted by Gasteiger charge is 2.36. The van der Waals surface area contributed by atoms with Crippen LogP contribution in [0.4, 0.5) is 0 Å². The molecule has 0 radical (unpaired) electrons. The molecule has 0 spiro atoms. The minimum atomic E-state index is -0.477. The number of aliphatic hydroxyl groups is 1. The highest BCUT2D eigenvalue weighted by Crippen LogP contribution is 2.37. The number of aromatic nitrogens is 3. The molecule has 1 amide bonds. The lowest BCUT2D eigenvalue weighted by atomic mass is 9.76. The number of rotatable bonds is 4. The number of carbonyl (C=O) groups is 1. The first-order valence-corrected chi connectivity index (χ1v) is 8.86. The summed E-state index contributed by atoms with van der Waals surface area (Å²) in [6.07, 6.45) is 5.43. The summed E-state index contributed by atoms with van der Waals surface area (Å²) in [6.45, 7) is 0. The Kier molecular flexibility index (Phi) is 4.06. The van der Waals surface area contributed by atoms with E-state index in [1.807, 2.05) is 12.1 Å². The van der Waals surface area contributed by atoms with Gasteiger partial charge in [-0.2, -0.15) is 0 Å². The molecule has 2 N–H and O–H groups in total. The normalized spacial score (nSPS) is 20.8. The molecule has 0 aromatic carbocycles. The van der Waals surface area contributed by atoms with E-state index in [1.54, 1.807) is 23.8 Å². The van der Waals surface area contributed by atoms with Crippen molar-refractivity contribution in [2.45, 2.75) is 25.0 Å². The van der Waals surface area contributed by atoms with Gasteiger partial charge in [0.2, 0.25) is 0 Å². The van der Waals surface area contributed by atoms with Crippen molar-refractivity contribution < 1.29 is 9.90 Å². The van der Waals surface area contributed by atoms with Crippen molar-refractivity contribution in [2.75, 3.05) is 0 Å². The van der Waals surface area contributed by atoms with Gasteiger partial charge >= 0.3 is 0 Å². The maximum atomic E-state index is 12.7. The van der Waals surface area contributed by atoms with E-state index in [-0.39, 0.29) is 23.6 Å². The molecule has 7 nitrogen and oxygen atoms in total. The summed E-state index contributed by atoms with van der Waals surface area (Å²) in [4.78, 5) is 34.2. The van der Waals surface area contributed by atoms with Gasteiger partial charge in [-0.05, 0) is 30.9 Å². The van der Waals surface area contributed by atoms with Crippen LogP contribution in [-0.4, -0.2) is 31.5 Å². The molecule has 3 aromatic heterocycles. The Morgan fingerprint density at radius 3 is 2.92 bits per heavy atom. The third-order valence-electron chi connectivity index (χ3n) is 4.50.